The van der Waals surface area contributed by atoms with Gasteiger partial charge in [-0.15, -0.1) is 10.2 Å². The normalized spacial score (nSPS) is 10.9. The first-order valence-electron chi connectivity index (χ1n) is 6.69. The van der Waals surface area contributed by atoms with Crippen LogP contribution >= 0.6 is 34.5 Å². The summed E-state index contributed by atoms with van der Waals surface area (Å²) in [6.45, 7) is 4.27. The maximum atomic E-state index is 6.02. The molecule has 1 N–H and O–H groups in total. The molecule has 0 bridgehead atoms. The van der Waals surface area contributed by atoms with Crippen LogP contribution in [0.3, 0.4) is 0 Å². The van der Waals surface area contributed by atoms with Crippen LogP contribution in [0.2, 0.25) is 10.0 Å². The second-order valence-corrected chi connectivity index (χ2v) is 6.36. The van der Waals surface area contributed by atoms with Crippen molar-refractivity contribution in [2.24, 2.45) is 0 Å². The lowest BCUT2D eigenvalue weighted by Crippen LogP contribution is -2.16. The standard InChI is InChI=1S/C14H17Cl2N3S/c1-2-7-17-8-3-4-13-18-19-14(20-13)10-5-6-11(15)12(16)9-10/h5-6,9,17H,2-4,7-8H2,1H3. The highest BCUT2D eigenvalue weighted by molar-refractivity contribution is 7.14. The Kier molecular flexibility index (Phi) is 6.23. The third-order valence-electron chi connectivity index (χ3n) is 2.80. The van der Waals surface area contributed by atoms with Crippen molar-refractivity contribution in [2.45, 2.75) is 26.2 Å². The summed E-state index contributed by atoms with van der Waals surface area (Å²) in [5, 5.41) is 14.9. The first kappa shape index (κ1) is 15.7. The summed E-state index contributed by atoms with van der Waals surface area (Å²) in [6, 6.07) is 5.53. The second kappa shape index (κ2) is 7.93. The molecule has 0 aliphatic rings. The minimum absolute atomic E-state index is 0.546. The van der Waals surface area contributed by atoms with Crippen LogP contribution in [0.15, 0.2) is 18.2 Å². The fourth-order valence-corrected chi connectivity index (χ4v) is 2.94. The van der Waals surface area contributed by atoms with Crippen molar-refractivity contribution in [3.63, 3.8) is 0 Å². The number of rotatable bonds is 7. The maximum Gasteiger partial charge on any atom is 0.147 e. The first-order chi connectivity index (χ1) is 9.70. The minimum Gasteiger partial charge on any atom is -0.317 e. The lowest BCUT2D eigenvalue weighted by atomic mass is 10.2. The number of nitrogens with zero attached hydrogens (tertiary/aromatic N) is 2. The Balaban J connectivity index is 1.93. The predicted octanol–water partition coefficient (Wildman–Crippen LogP) is 4.44. The summed E-state index contributed by atoms with van der Waals surface area (Å²) in [5.41, 5.74) is 0.965. The Morgan fingerprint density at radius 3 is 2.75 bits per heavy atom. The number of hydrogen-bond acceptors (Lipinski definition) is 4. The molecular weight excluding hydrogens is 313 g/mol. The van der Waals surface area contributed by atoms with Gasteiger partial charge in [0, 0.05) is 12.0 Å². The van der Waals surface area contributed by atoms with Crippen molar-refractivity contribution < 1.29 is 0 Å². The van der Waals surface area contributed by atoms with Crippen molar-refractivity contribution in [3.8, 4) is 10.6 Å². The number of nitrogens with one attached hydrogen (secondary N) is 1. The molecule has 0 atom stereocenters. The number of hydrogen-bond donors (Lipinski definition) is 1. The highest BCUT2D eigenvalue weighted by Crippen LogP contribution is 2.30. The molecule has 0 aliphatic heterocycles. The van der Waals surface area contributed by atoms with Gasteiger partial charge in [-0.25, -0.2) is 0 Å². The summed E-state index contributed by atoms with van der Waals surface area (Å²) >= 11 is 13.5. The molecule has 0 saturated heterocycles. The van der Waals surface area contributed by atoms with Gasteiger partial charge in [0.15, 0.2) is 0 Å². The summed E-state index contributed by atoms with van der Waals surface area (Å²) in [4.78, 5) is 0. The number of aromatic nitrogens is 2. The smallest absolute Gasteiger partial charge is 0.147 e. The highest BCUT2D eigenvalue weighted by atomic mass is 35.5. The minimum atomic E-state index is 0.546. The van der Waals surface area contributed by atoms with E-state index in [0.717, 1.165) is 41.5 Å². The van der Waals surface area contributed by atoms with E-state index in [4.69, 9.17) is 23.2 Å². The zero-order chi connectivity index (χ0) is 14.4. The van der Waals surface area contributed by atoms with E-state index in [0.29, 0.717) is 10.0 Å². The van der Waals surface area contributed by atoms with Crippen molar-refractivity contribution >= 4 is 34.5 Å². The van der Waals surface area contributed by atoms with E-state index in [1.54, 1.807) is 17.4 Å². The Bertz CT molecular complexity index is 557. The van der Waals surface area contributed by atoms with E-state index in [1.165, 1.54) is 6.42 Å². The molecule has 0 spiro atoms. The molecule has 0 aliphatic carbocycles. The van der Waals surface area contributed by atoms with E-state index in [1.807, 2.05) is 12.1 Å². The second-order valence-electron chi connectivity index (χ2n) is 4.48. The highest BCUT2D eigenvalue weighted by Gasteiger charge is 2.08. The summed E-state index contributed by atoms with van der Waals surface area (Å²) in [7, 11) is 0. The monoisotopic (exact) mass is 329 g/mol. The average molecular weight is 330 g/mol. The lowest BCUT2D eigenvalue weighted by molar-refractivity contribution is 0.637. The molecule has 0 unspecified atom stereocenters. The largest absolute Gasteiger partial charge is 0.317 e. The van der Waals surface area contributed by atoms with Gasteiger partial charge in [0.2, 0.25) is 0 Å². The van der Waals surface area contributed by atoms with Gasteiger partial charge < -0.3 is 5.32 Å². The Morgan fingerprint density at radius 1 is 1.15 bits per heavy atom. The third kappa shape index (κ3) is 4.42. The van der Waals surface area contributed by atoms with Crippen molar-refractivity contribution in [3.05, 3.63) is 33.3 Å². The SMILES string of the molecule is CCCNCCCc1nnc(-c2ccc(Cl)c(Cl)c2)s1. The molecular formula is C14H17Cl2N3S. The van der Waals surface area contributed by atoms with Gasteiger partial charge in [-0.2, -0.15) is 0 Å². The Hall–Kier alpha value is -0.680. The molecule has 2 rings (SSSR count). The zero-order valence-electron chi connectivity index (χ0n) is 11.3. The van der Waals surface area contributed by atoms with Crippen LogP contribution in [0.25, 0.3) is 10.6 Å². The fourth-order valence-electron chi connectivity index (χ4n) is 1.77. The van der Waals surface area contributed by atoms with Crippen molar-refractivity contribution in [2.75, 3.05) is 13.1 Å². The van der Waals surface area contributed by atoms with E-state index < -0.39 is 0 Å². The summed E-state index contributed by atoms with van der Waals surface area (Å²) < 4.78 is 0. The van der Waals surface area contributed by atoms with Gasteiger partial charge in [0.1, 0.15) is 10.0 Å². The van der Waals surface area contributed by atoms with E-state index in [-0.39, 0.29) is 0 Å². The topological polar surface area (TPSA) is 37.8 Å². The molecule has 20 heavy (non-hydrogen) atoms. The summed E-state index contributed by atoms with van der Waals surface area (Å²) in [6.07, 6.45) is 3.20. The molecule has 2 aromatic rings. The summed E-state index contributed by atoms with van der Waals surface area (Å²) in [5.74, 6) is 0. The van der Waals surface area contributed by atoms with Crippen LogP contribution in [-0.2, 0) is 6.42 Å². The Labute approximate surface area is 133 Å². The van der Waals surface area contributed by atoms with Crippen LogP contribution in [0.5, 0.6) is 0 Å². The molecule has 1 heterocycles. The van der Waals surface area contributed by atoms with Crippen LogP contribution in [0, 0.1) is 0 Å². The number of halogens is 2. The van der Waals surface area contributed by atoms with Gasteiger partial charge in [0.05, 0.1) is 10.0 Å². The predicted molar refractivity (Wildman–Crippen MR) is 86.8 cm³/mol. The zero-order valence-corrected chi connectivity index (χ0v) is 13.7. The molecule has 3 nitrogen and oxygen atoms in total. The van der Waals surface area contributed by atoms with E-state index in [9.17, 15) is 0 Å². The van der Waals surface area contributed by atoms with Gasteiger partial charge in [-0.05, 0) is 38.1 Å². The molecule has 1 aromatic carbocycles. The number of aryl methyl sites for hydroxylation is 1. The van der Waals surface area contributed by atoms with Gasteiger partial charge in [-0.3, -0.25) is 0 Å². The van der Waals surface area contributed by atoms with Gasteiger partial charge in [-0.1, -0.05) is 47.5 Å². The average Bonchev–Trinajstić information content (AvgIpc) is 2.90. The lowest BCUT2D eigenvalue weighted by Gasteiger charge is -2.00. The first-order valence-corrected chi connectivity index (χ1v) is 8.26. The quantitative estimate of drug-likeness (QED) is 0.763. The molecule has 6 heteroatoms. The van der Waals surface area contributed by atoms with Crippen LogP contribution < -0.4 is 5.32 Å². The molecule has 0 amide bonds. The Morgan fingerprint density at radius 2 is 2.00 bits per heavy atom. The van der Waals surface area contributed by atoms with Crippen molar-refractivity contribution in [1.82, 2.24) is 15.5 Å². The molecule has 0 radical (unpaired) electrons. The van der Waals surface area contributed by atoms with Crippen LogP contribution in [-0.4, -0.2) is 23.3 Å². The maximum absolute atomic E-state index is 6.02. The number of benzene rings is 1. The molecule has 108 valence electrons. The van der Waals surface area contributed by atoms with Crippen LogP contribution in [0.4, 0.5) is 0 Å². The fraction of sp³-hybridized carbons (Fsp3) is 0.429. The molecule has 0 fully saturated rings. The van der Waals surface area contributed by atoms with Gasteiger partial charge in [0.25, 0.3) is 0 Å². The van der Waals surface area contributed by atoms with Crippen LogP contribution in [0.1, 0.15) is 24.8 Å². The molecule has 0 saturated carbocycles. The third-order valence-corrected chi connectivity index (χ3v) is 4.58. The van der Waals surface area contributed by atoms with E-state index >= 15 is 0 Å². The van der Waals surface area contributed by atoms with Gasteiger partial charge >= 0.3 is 0 Å². The van der Waals surface area contributed by atoms with Crippen molar-refractivity contribution in [1.29, 1.82) is 0 Å². The molecule has 1 aromatic heterocycles. The van der Waals surface area contributed by atoms with E-state index in [2.05, 4.69) is 22.4 Å².